The molecule has 0 rings (SSSR count). The number of aliphatic hydroxyl groups excluding tert-OH is 1. The van der Waals surface area contributed by atoms with Gasteiger partial charge in [-0.2, -0.15) is 0 Å². The van der Waals surface area contributed by atoms with E-state index in [4.69, 9.17) is 19.4 Å². The zero-order chi connectivity index (χ0) is 11.0. The highest BCUT2D eigenvalue weighted by molar-refractivity contribution is 7.39. The Morgan fingerprint density at radius 3 is 2.29 bits per heavy atom. The lowest BCUT2D eigenvalue weighted by molar-refractivity contribution is 0.0657. The Hall–Kier alpha value is 0.270. The lowest BCUT2D eigenvalue weighted by Crippen LogP contribution is -2.25. The van der Waals surface area contributed by atoms with Crippen molar-refractivity contribution in [3.05, 3.63) is 0 Å². The second-order valence-corrected chi connectivity index (χ2v) is 4.11. The van der Waals surface area contributed by atoms with Gasteiger partial charge in [0.05, 0.1) is 6.10 Å². The molecule has 86 valence electrons. The summed E-state index contributed by atoms with van der Waals surface area (Å²) in [7, 11) is -2.31. The summed E-state index contributed by atoms with van der Waals surface area (Å²) in [5.41, 5.74) is 0. The third-order valence-electron chi connectivity index (χ3n) is 2.36. The largest absolute Gasteiger partial charge is 0.396 e. The van der Waals surface area contributed by atoms with Gasteiger partial charge in [0.25, 0.3) is 0 Å². The molecule has 0 bridgehead atoms. The third-order valence-corrected chi connectivity index (χ3v) is 2.82. The second kappa shape index (κ2) is 8.57. The summed E-state index contributed by atoms with van der Waals surface area (Å²) in [5.74, 6) is 0.00542. The van der Waals surface area contributed by atoms with E-state index in [1.807, 2.05) is 6.92 Å². The van der Waals surface area contributed by atoms with Crippen LogP contribution < -0.4 is 0 Å². The van der Waals surface area contributed by atoms with E-state index in [0.717, 1.165) is 25.7 Å². The third kappa shape index (κ3) is 5.89. The van der Waals surface area contributed by atoms with Crippen LogP contribution in [0.3, 0.4) is 0 Å². The fraction of sp³-hybridized carbons (Fsp3) is 1.00. The van der Waals surface area contributed by atoms with Crippen molar-refractivity contribution in [3.63, 3.8) is 0 Å². The van der Waals surface area contributed by atoms with E-state index in [1.165, 1.54) is 0 Å². The molecule has 3 N–H and O–H groups in total. The van der Waals surface area contributed by atoms with Gasteiger partial charge >= 0.3 is 8.60 Å². The van der Waals surface area contributed by atoms with Crippen molar-refractivity contribution in [2.24, 2.45) is 5.92 Å². The Morgan fingerprint density at radius 1 is 1.29 bits per heavy atom. The average molecular weight is 224 g/mol. The van der Waals surface area contributed by atoms with Crippen molar-refractivity contribution < 1.29 is 19.4 Å². The van der Waals surface area contributed by atoms with Crippen LogP contribution in [0.15, 0.2) is 0 Å². The van der Waals surface area contributed by atoms with Gasteiger partial charge in [-0.05, 0) is 12.8 Å². The summed E-state index contributed by atoms with van der Waals surface area (Å²) in [5, 5.41) is 9.07. The minimum Gasteiger partial charge on any atom is -0.396 e. The Kier molecular flexibility index (Phi) is 8.73. The standard InChI is InChI=1S/C9H21O4P/c1-3-5-6-9(13-14(11)12)8(4-2)7-10/h8-12H,3-7H2,1-2H3. The van der Waals surface area contributed by atoms with Crippen LogP contribution in [0.2, 0.25) is 0 Å². The van der Waals surface area contributed by atoms with E-state index < -0.39 is 8.60 Å². The monoisotopic (exact) mass is 224 g/mol. The van der Waals surface area contributed by atoms with Gasteiger partial charge in [0.1, 0.15) is 0 Å². The average Bonchev–Trinajstić information content (AvgIpc) is 2.15. The first-order chi connectivity index (χ1) is 6.65. The molecule has 0 aliphatic carbocycles. The quantitative estimate of drug-likeness (QED) is 0.550. The second-order valence-electron chi connectivity index (χ2n) is 3.39. The fourth-order valence-electron chi connectivity index (χ4n) is 1.41. The lowest BCUT2D eigenvalue weighted by Gasteiger charge is -2.24. The lowest BCUT2D eigenvalue weighted by atomic mass is 9.96. The molecule has 4 nitrogen and oxygen atoms in total. The van der Waals surface area contributed by atoms with Crippen LogP contribution in [0, 0.1) is 5.92 Å². The molecule has 2 atom stereocenters. The van der Waals surface area contributed by atoms with E-state index in [-0.39, 0.29) is 18.6 Å². The summed E-state index contributed by atoms with van der Waals surface area (Å²) in [6.45, 7) is 4.06. The van der Waals surface area contributed by atoms with Gasteiger partial charge in [0, 0.05) is 12.5 Å². The molecule has 0 amide bonds. The van der Waals surface area contributed by atoms with Crippen LogP contribution in [0.4, 0.5) is 0 Å². The normalized spacial score (nSPS) is 15.9. The Labute approximate surface area is 86.9 Å². The molecule has 0 aliphatic heterocycles. The number of hydrogen-bond acceptors (Lipinski definition) is 4. The van der Waals surface area contributed by atoms with Crippen molar-refractivity contribution >= 4 is 8.60 Å². The molecule has 2 unspecified atom stereocenters. The molecule has 0 fully saturated rings. The molecule has 0 aromatic carbocycles. The first-order valence-electron chi connectivity index (χ1n) is 5.11. The molecule has 14 heavy (non-hydrogen) atoms. The highest BCUT2D eigenvalue weighted by Crippen LogP contribution is 2.32. The molecular weight excluding hydrogens is 203 g/mol. The maximum absolute atomic E-state index is 9.07. The fourth-order valence-corrected chi connectivity index (χ4v) is 1.93. The number of hydrogen-bond donors (Lipinski definition) is 3. The first kappa shape index (κ1) is 14.3. The molecule has 0 aliphatic rings. The van der Waals surface area contributed by atoms with E-state index in [2.05, 4.69) is 6.92 Å². The predicted molar refractivity (Wildman–Crippen MR) is 56.6 cm³/mol. The van der Waals surface area contributed by atoms with Crippen molar-refractivity contribution in [1.82, 2.24) is 0 Å². The maximum Gasteiger partial charge on any atom is 0.327 e. The number of unbranched alkanes of at least 4 members (excludes halogenated alkanes) is 1. The molecule has 0 radical (unpaired) electrons. The molecular formula is C9H21O4P. The summed E-state index contributed by atoms with van der Waals surface area (Å²) in [6, 6.07) is 0. The molecule has 0 saturated heterocycles. The molecule has 5 heteroatoms. The topological polar surface area (TPSA) is 69.9 Å². The van der Waals surface area contributed by atoms with Crippen molar-refractivity contribution in [2.45, 2.75) is 45.6 Å². The van der Waals surface area contributed by atoms with Crippen LogP contribution in [0.5, 0.6) is 0 Å². The predicted octanol–water partition coefficient (Wildman–Crippen LogP) is 1.79. The van der Waals surface area contributed by atoms with E-state index in [9.17, 15) is 0 Å². The minimum atomic E-state index is -2.31. The summed E-state index contributed by atoms with van der Waals surface area (Å²) in [6.07, 6.45) is 3.34. The van der Waals surface area contributed by atoms with Gasteiger partial charge in [-0.15, -0.1) is 0 Å². The van der Waals surface area contributed by atoms with E-state index >= 15 is 0 Å². The molecule has 0 spiro atoms. The van der Waals surface area contributed by atoms with Crippen molar-refractivity contribution in [3.8, 4) is 0 Å². The smallest absolute Gasteiger partial charge is 0.327 e. The molecule has 0 saturated carbocycles. The zero-order valence-electron chi connectivity index (χ0n) is 8.89. The van der Waals surface area contributed by atoms with Crippen LogP contribution in [0.25, 0.3) is 0 Å². The Balaban J connectivity index is 4.06. The molecule has 0 aromatic heterocycles. The first-order valence-corrected chi connectivity index (χ1v) is 6.27. The Bertz CT molecular complexity index is 128. The SMILES string of the molecule is CCCCC(OP(O)O)C(CC)CO. The number of aliphatic hydroxyl groups is 1. The van der Waals surface area contributed by atoms with Gasteiger partial charge in [-0.3, -0.25) is 0 Å². The summed E-state index contributed by atoms with van der Waals surface area (Å²) >= 11 is 0. The van der Waals surface area contributed by atoms with E-state index in [1.54, 1.807) is 0 Å². The highest BCUT2D eigenvalue weighted by atomic mass is 31.2. The minimum absolute atomic E-state index is 0.00542. The van der Waals surface area contributed by atoms with Gasteiger partial charge < -0.3 is 19.4 Å². The van der Waals surface area contributed by atoms with Crippen LogP contribution in [-0.4, -0.2) is 27.6 Å². The zero-order valence-corrected chi connectivity index (χ0v) is 9.78. The van der Waals surface area contributed by atoms with Gasteiger partial charge in [0.15, 0.2) is 0 Å². The van der Waals surface area contributed by atoms with Gasteiger partial charge in [-0.1, -0.05) is 26.7 Å². The summed E-state index contributed by atoms with van der Waals surface area (Å²) < 4.78 is 5.01. The van der Waals surface area contributed by atoms with Crippen LogP contribution in [-0.2, 0) is 4.52 Å². The number of rotatable bonds is 8. The van der Waals surface area contributed by atoms with E-state index in [0.29, 0.717) is 0 Å². The molecule has 0 aromatic rings. The van der Waals surface area contributed by atoms with Crippen LogP contribution in [0.1, 0.15) is 39.5 Å². The maximum atomic E-state index is 9.07. The summed E-state index contributed by atoms with van der Waals surface area (Å²) in [4.78, 5) is 17.6. The van der Waals surface area contributed by atoms with Crippen LogP contribution >= 0.6 is 8.60 Å². The Morgan fingerprint density at radius 2 is 1.93 bits per heavy atom. The van der Waals surface area contributed by atoms with Gasteiger partial charge in [0.2, 0.25) is 0 Å². The molecule has 0 heterocycles. The highest BCUT2D eigenvalue weighted by Gasteiger charge is 2.22. The van der Waals surface area contributed by atoms with Crippen molar-refractivity contribution in [1.29, 1.82) is 0 Å². The van der Waals surface area contributed by atoms with Crippen molar-refractivity contribution in [2.75, 3.05) is 6.61 Å². The van der Waals surface area contributed by atoms with Gasteiger partial charge in [-0.25, -0.2) is 0 Å².